The van der Waals surface area contributed by atoms with Gasteiger partial charge in [0.2, 0.25) is 0 Å². The standard InChI is InChI=1S/C23H22N2O3/c1-2-17-9-8-12-19(15-17)28-16-22(26)25-21-14-7-6-13-20(21)23(27)24-18-10-4-3-5-11-18/h3-15H,2,16H2,1H3,(H,24,27)(H,25,26). The Morgan fingerprint density at radius 3 is 2.39 bits per heavy atom. The van der Waals surface area contributed by atoms with Crippen LogP contribution in [0.3, 0.4) is 0 Å². The van der Waals surface area contributed by atoms with Gasteiger partial charge in [-0.15, -0.1) is 0 Å². The van der Waals surface area contributed by atoms with E-state index >= 15 is 0 Å². The molecule has 0 saturated heterocycles. The minimum absolute atomic E-state index is 0.137. The third-order valence-corrected chi connectivity index (χ3v) is 4.15. The monoisotopic (exact) mass is 374 g/mol. The summed E-state index contributed by atoms with van der Waals surface area (Å²) in [5.74, 6) is 0.0186. The van der Waals surface area contributed by atoms with Crippen molar-refractivity contribution in [1.29, 1.82) is 0 Å². The van der Waals surface area contributed by atoms with Crippen LogP contribution in [0.2, 0.25) is 0 Å². The molecule has 5 nitrogen and oxygen atoms in total. The van der Waals surface area contributed by atoms with Crippen molar-refractivity contribution in [2.24, 2.45) is 0 Å². The molecule has 2 N–H and O–H groups in total. The van der Waals surface area contributed by atoms with Gasteiger partial charge in [-0.1, -0.05) is 49.4 Å². The van der Waals surface area contributed by atoms with Gasteiger partial charge in [-0.05, 0) is 48.4 Å². The number of anilines is 2. The zero-order chi connectivity index (χ0) is 19.8. The molecule has 0 aromatic heterocycles. The number of rotatable bonds is 7. The number of para-hydroxylation sites is 2. The Hall–Kier alpha value is -3.60. The maximum atomic E-state index is 12.6. The van der Waals surface area contributed by atoms with Crippen LogP contribution in [0.25, 0.3) is 0 Å². The molecule has 28 heavy (non-hydrogen) atoms. The number of carbonyl (C=O) groups is 2. The van der Waals surface area contributed by atoms with Crippen molar-refractivity contribution >= 4 is 23.2 Å². The molecule has 0 radical (unpaired) electrons. The fourth-order valence-electron chi connectivity index (χ4n) is 2.70. The number of carbonyl (C=O) groups excluding carboxylic acids is 2. The second-order valence-electron chi connectivity index (χ2n) is 6.20. The van der Waals surface area contributed by atoms with Crippen LogP contribution in [0.1, 0.15) is 22.8 Å². The largest absolute Gasteiger partial charge is 0.484 e. The van der Waals surface area contributed by atoms with E-state index in [9.17, 15) is 9.59 Å². The van der Waals surface area contributed by atoms with Crippen LogP contribution < -0.4 is 15.4 Å². The Labute approximate surface area is 164 Å². The second-order valence-corrected chi connectivity index (χ2v) is 6.20. The van der Waals surface area contributed by atoms with Gasteiger partial charge in [-0.25, -0.2) is 0 Å². The van der Waals surface area contributed by atoms with Gasteiger partial charge in [-0.2, -0.15) is 0 Å². The quantitative estimate of drug-likeness (QED) is 0.639. The summed E-state index contributed by atoms with van der Waals surface area (Å²) >= 11 is 0. The molecule has 3 rings (SSSR count). The van der Waals surface area contributed by atoms with Gasteiger partial charge >= 0.3 is 0 Å². The molecule has 0 bridgehead atoms. The van der Waals surface area contributed by atoms with Crippen molar-refractivity contribution in [1.82, 2.24) is 0 Å². The highest BCUT2D eigenvalue weighted by molar-refractivity contribution is 6.10. The molecule has 3 aromatic rings. The summed E-state index contributed by atoms with van der Waals surface area (Å²) in [6.07, 6.45) is 0.896. The third-order valence-electron chi connectivity index (χ3n) is 4.15. The van der Waals surface area contributed by atoms with Crippen molar-refractivity contribution in [3.8, 4) is 5.75 Å². The Balaban J connectivity index is 1.63. The summed E-state index contributed by atoms with van der Waals surface area (Å²) in [4.78, 5) is 24.9. The van der Waals surface area contributed by atoms with Crippen LogP contribution in [0, 0.1) is 0 Å². The van der Waals surface area contributed by atoms with Gasteiger partial charge in [0.25, 0.3) is 11.8 Å². The third kappa shape index (κ3) is 5.20. The molecule has 0 spiro atoms. The van der Waals surface area contributed by atoms with E-state index in [-0.39, 0.29) is 18.4 Å². The van der Waals surface area contributed by atoms with Crippen molar-refractivity contribution < 1.29 is 14.3 Å². The van der Waals surface area contributed by atoms with Crippen LogP contribution in [0.4, 0.5) is 11.4 Å². The van der Waals surface area contributed by atoms with Crippen molar-refractivity contribution in [3.63, 3.8) is 0 Å². The van der Waals surface area contributed by atoms with Crippen molar-refractivity contribution in [2.75, 3.05) is 17.2 Å². The molecule has 3 aromatic carbocycles. The summed E-state index contributed by atoms with van der Waals surface area (Å²) in [6, 6.07) is 23.7. The van der Waals surface area contributed by atoms with E-state index in [4.69, 9.17) is 4.74 Å². The second kappa shape index (κ2) is 9.37. The minimum Gasteiger partial charge on any atom is -0.484 e. The van der Waals surface area contributed by atoms with Crippen LogP contribution in [0.15, 0.2) is 78.9 Å². The first-order valence-corrected chi connectivity index (χ1v) is 9.12. The van der Waals surface area contributed by atoms with E-state index in [1.165, 1.54) is 0 Å². The lowest BCUT2D eigenvalue weighted by atomic mass is 10.1. The van der Waals surface area contributed by atoms with E-state index in [1.54, 1.807) is 36.4 Å². The van der Waals surface area contributed by atoms with Gasteiger partial charge in [0, 0.05) is 5.69 Å². The number of benzene rings is 3. The Bertz CT molecular complexity index is 955. The Morgan fingerprint density at radius 1 is 0.857 bits per heavy atom. The molecule has 0 atom stereocenters. The minimum atomic E-state index is -0.332. The van der Waals surface area contributed by atoms with Crippen molar-refractivity contribution in [3.05, 3.63) is 90.0 Å². The van der Waals surface area contributed by atoms with E-state index in [2.05, 4.69) is 17.6 Å². The average Bonchev–Trinajstić information content (AvgIpc) is 2.73. The predicted molar refractivity (Wildman–Crippen MR) is 111 cm³/mol. The molecule has 5 heteroatoms. The molecular weight excluding hydrogens is 352 g/mol. The van der Waals surface area contributed by atoms with Gasteiger partial charge in [0.05, 0.1) is 11.3 Å². The Morgan fingerprint density at radius 2 is 1.61 bits per heavy atom. The van der Waals surface area contributed by atoms with Crippen LogP contribution in [-0.2, 0) is 11.2 Å². The van der Waals surface area contributed by atoms with Gasteiger partial charge in [-0.3, -0.25) is 9.59 Å². The number of amides is 2. The highest BCUT2D eigenvalue weighted by Gasteiger charge is 2.13. The molecule has 0 heterocycles. The number of ether oxygens (including phenoxy) is 1. The van der Waals surface area contributed by atoms with Crippen LogP contribution in [0.5, 0.6) is 5.75 Å². The smallest absolute Gasteiger partial charge is 0.262 e. The summed E-state index contributed by atoms with van der Waals surface area (Å²) in [6.45, 7) is 1.92. The normalized spacial score (nSPS) is 10.2. The lowest BCUT2D eigenvalue weighted by Crippen LogP contribution is -2.22. The maximum absolute atomic E-state index is 12.6. The zero-order valence-corrected chi connectivity index (χ0v) is 15.6. The molecule has 0 fully saturated rings. The van der Waals surface area contributed by atoms with Gasteiger partial charge in [0.15, 0.2) is 6.61 Å². The van der Waals surface area contributed by atoms with E-state index < -0.39 is 0 Å². The maximum Gasteiger partial charge on any atom is 0.262 e. The molecule has 0 aliphatic carbocycles. The fourth-order valence-corrected chi connectivity index (χ4v) is 2.70. The molecule has 0 unspecified atom stereocenters. The zero-order valence-electron chi connectivity index (χ0n) is 15.6. The number of aryl methyl sites for hydroxylation is 1. The topological polar surface area (TPSA) is 67.4 Å². The lowest BCUT2D eigenvalue weighted by Gasteiger charge is -2.12. The first-order chi connectivity index (χ1) is 13.7. The highest BCUT2D eigenvalue weighted by Crippen LogP contribution is 2.18. The fraction of sp³-hybridized carbons (Fsp3) is 0.130. The summed E-state index contributed by atoms with van der Waals surface area (Å²) in [7, 11) is 0. The van der Waals surface area contributed by atoms with Gasteiger partial charge in [0.1, 0.15) is 5.75 Å². The number of hydrogen-bond acceptors (Lipinski definition) is 3. The molecule has 2 amide bonds. The molecule has 0 aliphatic rings. The summed E-state index contributed by atoms with van der Waals surface area (Å²) in [5, 5.41) is 5.57. The highest BCUT2D eigenvalue weighted by atomic mass is 16.5. The van der Waals surface area contributed by atoms with Crippen molar-refractivity contribution in [2.45, 2.75) is 13.3 Å². The first kappa shape index (κ1) is 19.2. The molecule has 142 valence electrons. The van der Waals surface area contributed by atoms with E-state index in [0.29, 0.717) is 22.7 Å². The lowest BCUT2D eigenvalue weighted by molar-refractivity contribution is -0.118. The Kier molecular flexibility index (Phi) is 6.41. The summed E-state index contributed by atoms with van der Waals surface area (Å²) < 4.78 is 5.57. The van der Waals surface area contributed by atoms with E-state index in [1.807, 2.05) is 42.5 Å². The average molecular weight is 374 g/mol. The first-order valence-electron chi connectivity index (χ1n) is 9.12. The van der Waals surface area contributed by atoms with Crippen LogP contribution in [-0.4, -0.2) is 18.4 Å². The SMILES string of the molecule is CCc1cccc(OCC(=O)Nc2ccccc2C(=O)Nc2ccccc2)c1. The predicted octanol–water partition coefficient (Wildman–Crippen LogP) is 4.52. The summed E-state index contributed by atoms with van der Waals surface area (Å²) in [5.41, 5.74) is 2.65. The molecule has 0 aliphatic heterocycles. The van der Waals surface area contributed by atoms with Gasteiger partial charge < -0.3 is 15.4 Å². The van der Waals surface area contributed by atoms with E-state index in [0.717, 1.165) is 12.0 Å². The molecular formula is C23H22N2O3. The number of hydrogen-bond donors (Lipinski definition) is 2. The molecule has 0 saturated carbocycles. The number of nitrogens with one attached hydrogen (secondary N) is 2. The van der Waals surface area contributed by atoms with Crippen LogP contribution >= 0.6 is 0 Å².